The van der Waals surface area contributed by atoms with E-state index < -0.39 is 11.7 Å². The standard InChI is InChI=1S/C38H17F3N6/c1-20-4-6-21(7-5-20)23-10-14-26-28(16-23)32(30(18-42)44-2)36-34(26)46-37-33(31(19-43)45-3)29-17-24(11-15-27(29)35(37)47-36)22-8-12-25(13-9-22)38(39,40)41/h4-17H,1H3/b32-30+,33-31-. The number of rotatable bonds is 2. The van der Waals surface area contributed by atoms with Crippen molar-refractivity contribution in [3.8, 4) is 56.9 Å². The van der Waals surface area contributed by atoms with Gasteiger partial charge < -0.3 is 0 Å². The molecule has 2 aliphatic rings. The molecule has 0 saturated heterocycles. The van der Waals surface area contributed by atoms with Crippen molar-refractivity contribution in [2.75, 3.05) is 0 Å². The van der Waals surface area contributed by atoms with E-state index in [1.165, 1.54) is 12.1 Å². The van der Waals surface area contributed by atoms with Crippen LogP contribution in [0.25, 0.3) is 65.6 Å². The van der Waals surface area contributed by atoms with E-state index in [4.69, 9.17) is 23.1 Å². The molecule has 47 heavy (non-hydrogen) atoms. The third-order valence-corrected chi connectivity index (χ3v) is 8.30. The zero-order valence-corrected chi connectivity index (χ0v) is 24.4. The highest BCUT2D eigenvalue weighted by molar-refractivity contribution is 6.07. The summed E-state index contributed by atoms with van der Waals surface area (Å²) in [6.45, 7) is 17.5. The Labute approximate surface area is 267 Å². The van der Waals surface area contributed by atoms with Crippen LogP contribution >= 0.6 is 0 Å². The van der Waals surface area contributed by atoms with E-state index >= 15 is 0 Å². The van der Waals surface area contributed by atoms with Gasteiger partial charge in [-0.05, 0) is 64.6 Å². The number of nitrogens with zero attached hydrogens (tertiary/aromatic N) is 6. The number of nitriles is 2. The van der Waals surface area contributed by atoms with E-state index in [9.17, 15) is 23.7 Å². The summed E-state index contributed by atoms with van der Waals surface area (Å²) in [5, 5.41) is 19.9. The highest BCUT2D eigenvalue weighted by Gasteiger charge is 2.36. The van der Waals surface area contributed by atoms with Crippen molar-refractivity contribution < 1.29 is 13.2 Å². The predicted octanol–water partition coefficient (Wildman–Crippen LogP) is 9.50. The second-order valence-electron chi connectivity index (χ2n) is 11.0. The average molecular weight is 615 g/mol. The van der Waals surface area contributed by atoms with E-state index in [1.807, 2.05) is 61.5 Å². The van der Waals surface area contributed by atoms with Crippen molar-refractivity contribution in [2.45, 2.75) is 13.1 Å². The van der Waals surface area contributed by atoms with Gasteiger partial charge in [0.25, 0.3) is 11.4 Å². The molecule has 1 aromatic heterocycles. The number of hydrogen-bond donors (Lipinski definition) is 0. The number of hydrogen-bond acceptors (Lipinski definition) is 4. The van der Waals surface area contributed by atoms with Gasteiger partial charge in [0.2, 0.25) is 0 Å². The molecular weight excluding hydrogens is 597 g/mol. The van der Waals surface area contributed by atoms with Gasteiger partial charge in [-0.3, -0.25) is 0 Å². The maximum Gasteiger partial charge on any atom is 0.416 e. The lowest BCUT2D eigenvalue weighted by Gasteiger charge is -2.09. The molecule has 0 unspecified atom stereocenters. The molecule has 5 aromatic rings. The highest BCUT2D eigenvalue weighted by Crippen LogP contribution is 2.51. The van der Waals surface area contributed by atoms with E-state index in [0.717, 1.165) is 28.8 Å². The lowest BCUT2D eigenvalue weighted by molar-refractivity contribution is -0.137. The zero-order valence-electron chi connectivity index (χ0n) is 24.4. The van der Waals surface area contributed by atoms with E-state index in [0.29, 0.717) is 61.7 Å². The number of benzene rings is 4. The first kappa shape index (κ1) is 28.9. The molecule has 0 amide bonds. The largest absolute Gasteiger partial charge is 0.416 e. The second-order valence-corrected chi connectivity index (χ2v) is 11.0. The third kappa shape index (κ3) is 4.55. The quantitative estimate of drug-likeness (QED) is 0.143. The van der Waals surface area contributed by atoms with Gasteiger partial charge in [-0.25, -0.2) is 30.2 Å². The molecule has 7 rings (SSSR count). The van der Waals surface area contributed by atoms with Gasteiger partial charge in [-0.2, -0.15) is 13.2 Å². The highest BCUT2D eigenvalue weighted by atomic mass is 19.4. The molecule has 0 bridgehead atoms. The molecule has 0 saturated carbocycles. The van der Waals surface area contributed by atoms with Crippen LogP contribution in [-0.2, 0) is 6.18 Å². The van der Waals surface area contributed by atoms with Crippen LogP contribution < -0.4 is 0 Å². The fraction of sp³-hybridized carbons (Fsp3) is 0.0526. The SMILES string of the molecule is [C-]#[N+]/C(C#N)=C1/c2cc(-c3ccc(C(F)(F)F)cc3)ccc2-c2nc3c(nc21)-c1ccc(-c2ccc(C)cc2)cc1/C3=C(/C#N)[N+]#[C-]. The van der Waals surface area contributed by atoms with Crippen molar-refractivity contribution in [2.24, 2.45) is 0 Å². The molecular formula is C38H17F3N6. The molecule has 0 spiro atoms. The summed E-state index contributed by atoms with van der Waals surface area (Å²) in [6.07, 6.45) is -4.48. The Morgan fingerprint density at radius 1 is 0.596 bits per heavy atom. The van der Waals surface area contributed by atoms with Gasteiger partial charge in [0, 0.05) is 22.3 Å². The summed E-state index contributed by atoms with van der Waals surface area (Å²) in [6, 6.07) is 27.6. The average Bonchev–Trinajstić information content (AvgIpc) is 3.56. The summed E-state index contributed by atoms with van der Waals surface area (Å²) < 4.78 is 39.5. The van der Waals surface area contributed by atoms with Gasteiger partial charge in [0.1, 0.15) is 0 Å². The molecule has 0 radical (unpaired) electrons. The first-order valence-corrected chi connectivity index (χ1v) is 14.2. The van der Waals surface area contributed by atoms with E-state index in [-0.39, 0.29) is 17.0 Å². The summed E-state index contributed by atoms with van der Waals surface area (Å²) in [7, 11) is 0. The molecule has 0 N–H and O–H groups in total. The van der Waals surface area contributed by atoms with Crippen LogP contribution in [0.1, 0.15) is 33.6 Å². The van der Waals surface area contributed by atoms with Crippen molar-refractivity contribution in [3.63, 3.8) is 0 Å². The summed E-state index contributed by atoms with van der Waals surface area (Å²) >= 11 is 0. The molecule has 9 heteroatoms. The normalized spacial score (nSPS) is 14.4. The number of aryl methyl sites for hydroxylation is 1. The van der Waals surface area contributed by atoms with Crippen LogP contribution in [-0.4, -0.2) is 9.97 Å². The summed E-state index contributed by atoms with van der Waals surface area (Å²) in [5.74, 6) is 0. The Bertz CT molecular complexity index is 2390. The van der Waals surface area contributed by atoms with Crippen molar-refractivity contribution in [1.82, 2.24) is 9.97 Å². The van der Waals surface area contributed by atoms with Crippen LogP contribution in [0.5, 0.6) is 0 Å². The first-order chi connectivity index (χ1) is 22.7. The Morgan fingerprint density at radius 2 is 1.00 bits per heavy atom. The molecule has 1 heterocycles. The van der Waals surface area contributed by atoms with Crippen molar-refractivity contribution >= 4 is 11.1 Å². The molecule has 4 aromatic carbocycles. The van der Waals surface area contributed by atoms with Crippen LogP contribution in [0.4, 0.5) is 13.2 Å². The van der Waals surface area contributed by atoms with Crippen molar-refractivity contribution in [3.05, 3.63) is 153 Å². The lowest BCUT2D eigenvalue weighted by Crippen LogP contribution is -2.03. The topological polar surface area (TPSA) is 82.1 Å². The maximum absolute atomic E-state index is 13.2. The van der Waals surface area contributed by atoms with Crippen LogP contribution in [0, 0.1) is 42.7 Å². The minimum Gasteiger partial charge on any atom is -0.245 e. The van der Waals surface area contributed by atoms with Gasteiger partial charge in [-0.15, -0.1) is 0 Å². The number of fused-ring (bicyclic) bond motifs is 6. The molecule has 220 valence electrons. The smallest absolute Gasteiger partial charge is 0.245 e. The molecule has 6 nitrogen and oxygen atoms in total. The van der Waals surface area contributed by atoms with E-state index in [2.05, 4.69) is 9.69 Å². The predicted molar refractivity (Wildman–Crippen MR) is 170 cm³/mol. The number of halogens is 3. The van der Waals surface area contributed by atoms with Gasteiger partial charge >= 0.3 is 6.18 Å². The maximum atomic E-state index is 13.2. The first-order valence-electron chi connectivity index (χ1n) is 14.2. The summed E-state index contributed by atoms with van der Waals surface area (Å²) in [4.78, 5) is 16.9. The summed E-state index contributed by atoms with van der Waals surface area (Å²) in [5.41, 5.74) is 7.26. The minimum atomic E-state index is -4.48. The van der Waals surface area contributed by atoms with Crippen LogP contribution in [0.2, 0.25) is 0 Å². The third-order valence-electron chi connectivity index (χ3n) is 8.30. The van der Waals surface area contributed by atoms with Crippen LogP contribution in [0.15, 0.2) is 96.3 Å². The van der Waals surface area contributed by atoms with Gasteiger partial charge in [-0.1, -0.05) is 66.2 Å². The second kappa shape index (κ2) is 10.7. The molecule has 0 aliphatic heterocycles. The fourth-order valence-corrected chi connectivity index (χ4v) is 6.04. The fourth-order valence-electron chi connectivity index (χ4n) is 6.04. The Kier molecular flexibility index (Phi) is 6.57. The number of aromatic nitrogens is 2. The van der Waals surface area contributed by atoms with Crippen LogP contribution in [0.3, 0.4) is 0 Å². The Balaban J connectivity index is 1.44. The van der Waals surface area contributed by atoms with E-state index in [1.54, 1.807) is 18.2 Å². The lowest BCUT2D eigenvalue weighted by atomic mass is 9.96. The molecule has 0 atom stereocenters. The number of alkyl halides is 3. The Hall–Kier alpha value is -6.81. The molecule has 2 aliphatic carbocycles. The zero-order chi connectivity index (χ0) is 33.0. The van der Waals surface area contributed by atoms with Gasteiger partial charge in [0.15, 0.2) is 0 Å². The monoisotopic (exact) mass is 614 g/mol. The van der Waals surface area contributed by atoms with Gasteiger partial charge in [0.05, 0.1) is 53.6 Å². The number of allylic oxidation sites excluding steroid dienone is 2. The Morgan fingerprint density at radius 3 is 1.38 bits per heavy atom. The van der Waals surface area contributed by atoms with Crippen molar-refractivity contribution in [1.29, 1.82) is 10.5 Å². The minimum absolute atomic E-state index is 0.147. The molecule has 0 fully saturated rings.